The molecule has 0 spiro atoms. The predicted octanol–water partition coefficient (Wildman–Crippen LogP) is 2.31. The molecule has 4 nitrogen and oxygen atoms in total. The summed E-state index contributed by atoms with van der Waals surface area (Å²) in [4.78, 5) is 19.3. The standard InChI is InChI=1S/C19H28FN3O/c1-15-13-21(2)10-11-23(15)14-16-6-8-22(9-7-16)19(24)17-4-3-5-18(20)12-17/h3-5,12,15-16H,6-11,13-14H2,1-2H3. The molecule has 1 aromatic rings. The molecule has 2 saturated heterocycles. The summed E-state index contributed by atoms with van der Waals surface area (Å²) in [5, 5.41) is 0. The molecule has 3 rings (SSSR count). The minimum absolute atomic E-state index is 0.0408. The fraction of sp³-hybridized carbons (Fsp3) is 0.632. The highest BCUT2D eigenvalue weighted by Crippen LogP contribution is 2.22. The lowest BCUT2D eigenvalue weighted by Crippen LogP contribution is -2.52. The predicted molar refractivity (Wildman–Crippen MR) is 93.6 cm³/mol. The molecule has 132 valence electrons. The number of halogens is 1. The van der Waals surface area contributed by atoms with Crippen LogP contribution >= 0.6 is 0 Å². The van der Waals surface area contributed by atoms with Crippen molar-refractivity contribution in [2.24, 2.45) is 5.92 Å². The fourth-order valence-corrected chi connectivity index (χ4v) is 3.90. The molecule has 1 amide bonds. The molecule has 24 heavy (non-hydrogen) atoms. The molecule has 2 aliphatic heterocycles. The van der Waals surface area contributed by atoms with E-state index in [1.807, 2.05) is 4.90 Å². The molecule has 0 bridgehead atoms. The van der Waals surface area contributed by atoms with Crippen LogP contribution in [0.15, 0.2) is 24.3 Å². The van der Waals surface area contributed by atoms with Crippen LogP contribution in [0.4, 0.5) is 4.39 Å². The van der Waals surface area contributed by atoms with Gasteiger partial charge in [-0.15, -0.1) is 0 Å². The quantitative estimate of drug-likeness (QED) is 0.849. The molecule has 0 N–H and O–H groups in total. The van der Waals surface area contributed by atoms with Crippen LogP contribution in [0.1, 0.15) is 30.1 Å². The van der Waals surface area contributed by atoms with Crippen LogP contribution in [-0.2, 0) is 0 Å². The summed E-state index contributed by atoms with van der Waals surface area (Å²) in [6.07, 6.45) is 2.08. The second kappa shape index (κ2) is 7.62. The van der Waals surface area contributed by atoms with Gasteiger partial charge in [0.15, 0.2) is 0 Å². The van der Waals surface area contributed by atoms with Crippen LogP contribution in [0.2, 0.25) is 0 Å². The van der Waals surface area contributed by atoms with Gasteiger partial charge in [0.25, 0.3) is 5.91 Å². The van der Waals surface area contributed by atoms with E-state index in [4.69, 9.17) is 0 Å². The monoisotopic (exact) mass is 333 g/mol. The Labute approximate surface area is 144 Å². The van der Waals surface area contributed by atoms with Crippen molar-refractivity contribution in [3.8, 4) is 0 Å². The lowest BCUT2D eigenvalue weighted by molar-refractivity contribution is 0.0556. The van der Waals surface area contributed by atoms with Crippen LogP contribution in [0.3, 0.4) is 0 Å². The highest BCUT2D eigenvalue weighted by Gasteiger charge is 2.28. The molecule has 0 aliphatic carbocycles. The number of piperidine rings is 1. The normalized spacial score (nSPS) is 24.3. The van der Waals surface area contributed by atoms with Gasteiger partial charge in [0.1, 0.15) is 5.82 Å². The van der Waals surface area contributed by atoms with Gasteiger partial charge < -0.3 is 9.80 Å². The van der Waals surface area contributed by atoms with E-state index in [9.17, 15) is 9.18 Å². The van der Waals surface area contributed by atoms with E-state index in [2.05, 4.69) is 23.8 Å². The lowest BCUT2D eigenvalue weighted by Gasteiger charge is -2.41. The first kappa shape index (κ1) is 17.4. The van der Waals surface area contributed by atoms with Gasteiger partial charge in [-0.2, -0.15) is 0 Å². The first-order valence-corrected chi connectivity index (χ1v) is 9.00. The molecule has 0 aromatic heterocycles. The second-order valence-electron chi connectivity index (χ2n) is 7.35. The van der Waals surface area contributed by atoms with Crippen LogP contribution in [0.5, 0.6) is 0 Å². The van der Waals surface area contributed by atoms with Gasteiger partial charge >= 0.3 is 0 Å². The van der Waals surface area contributed by atoms with Gasteiger partial charge in [-0.1, -0.05) is 6.07 Å². The maximum Gasteiger partial charge on any atom is 0.253 e. The number of carbonyl (C=O) groups excluding carboxylic acids is 1. The molecule has 0 saturated carbocycles. The van der Waals surface area contributed by atoms with Crippen LogP contribution in [0.25, 0.3) is 0 Å². The van der Waals surface area contributed by atoms with Crippen molar-refractivity contribution in [3.63, 3.8) is 0 Å². The summed E-state index contributed by atoms with van der Waals surface area (Å²) in [5.74, 6) is 0.271. The largest absolute Gasteiger partial charge is 0.339 e. The Bertz CT molecular complexity index is 571. The van der Waals surface area contributed by atoms with Crippen molar-refractivity contribution in [2.45, 2.75) is 25.8 Å². The summed E-state index contributed by atoms with van der Waals surface area (Å²) in [7, 11) is 2.18. The van der Waals surface area contributed by atoms with E-state index >= 15 is 0 Å². The first-order valence-electron chi connectivity index (χ1n) is 9.00. The van der Waals surface area contributed by atoms with Crippen molar-refractivity contribution < 1.29 is 9.18 Å². The van der Waals surface area contributed by atoms with Crippen LogP contribution < -0.4 is 0 Å². The van der Waals surface area contributed by atoms with E-state index in [1.165, 1.54) is 12.1 Å². The Morgan fingerprint density at radius 1 is 1.21 bits per heavy atom. The third kappa shape index (κ3) is 4.14. The van der Waals surface area contributed by atoms with E-state index in [1.54, 1.807) is 12.1 Å². The average molecular weight is 333 g/mol. The van der Waals surface area contributed by atoms with Gasteiger partial charge in [0.2, 0.25) is 0 Å². The number of piperazine rings is 1. The molecule has 5 heteroatoms. The number of likely N-dealkylation sites (tertiary alicyclic amines) is 1. The van der Waals surface area contributed by atoms with E-state index < -0.39 is 0 Å². The summed E-state index contributed by atoms with van der Waals surface area (Å²) in [5.41, 5.74) is 0.459. The first-order chi connectivity index (χ1) is 11.5. The topological polar surface area (TPSA) is 26.8 Å². The Hall–Kier alpha value is -1.46. The number of hydrogen-bond donors (Lipinski definition) is 0. The third-order valence-corrected chi connectivity index (χ3v) is 5.43. The Morgan fingerprint density at radius 3 is 2.62 bits per heavy atom. The molecule has 2 heterocycles. The number of rotatable bonds is 3. The summed E-state index contributed by atoms with van der Waals surface area (Å²) in [6, 6.07) is 6.62. The molecule has 2 fully saturated rings. The van der Waals surface area contributed by atoms with E-state index in [-0.39, 0.29) is 11.7 Å². The van der Waals surface area contributed by atoms with Gasteiger partial charge in [-0.05, 0) is 50.9 Å². The smallest absolute Gasteiger partial charge is 0.253 e. The maximum absolute atomic E-state index is 13.3. The van der Waals surface area contributed by atoms with Gasteiger partial charge in [0, 0.05) is 50.9 Å². The zero-order valence-corrected chi connectivity index (χ0v) is 14.7. The van der Waals surface area contributed by atoms with E-state index in [0.717, 1.165) is 52.1 Å². The Morgan fingerprint density at radius 2 is 1.96 bits per heavy atom. The van der Waals surface area contributed by atoms with Gasteiger partial charge in [-0.25, -0.2) is 4.39 Å². The number of hydrogen-bond acceptors (Lipinski definition) is 3. The number of likely N-dealkylation sites (N-methyl/N-ethyl adjacent to an activating group) is 1. The van der Waals surface area contributed by atoms with Crippen molar-refractivity contribution in [1.82, 2.24) is 14.7 Å². The minimum Gasteiger partial charge on any atom is -0.339 e. The van der Waals surface area contributed by atoms with Gasteiger partial charge in [0.05, 0.1) is 0 Å². The van der Waals surface area contributed by atoms with Crippen molar-refractivity contribution in [2.75, 3.05) is 46.3 Å². The van der Waals surface area contributed by atoms with Crippen molar-refractivity contribution in [1.29, 1.82) is 0 Å². The fourth-order valence-electron chi connectivity index (χ4n) is 3.90. The zero-order valence-electron chi connectivity index (χ0n) is 14.7. The number of amides is 1. The highest BCUT2D eigenvalue weighted by atomic mass is 19.1. The minimum atomic E-state index is -0.347. The summed E-state index contributed by atoms with van der Waals surface area (Å²) in [6.45, 7) is 8.41. The SMILES string of the molecule is CC1CN(C)CCN1CC1CCN(C(=O)c2cccc(F)c2)CC1. The molecule has 1 unspecified atom stereocenters. The van der Waals surface area contributed by atoms with E-state index in [0.29, 0.717) is 17.5 Å². The molecule has 1 atom stereocenters. The number of carbonyl (C=O) groups is 1. The number of nitrogens with zero attached hydrogens (tertiary/aromatic N) is 3. The lowest BCUT2D eigenvalue weighted by atomic mass is 9.94. The van der Waals surface area contributed by atoms with Crippen LogP contribution in [-0.4, -0.2) is 73.0 Å². The molecule has 2 aliphatic rings. The molecular weight excluding hydrogens is 305 g/mol. The van der Waals surface area contributed by atoms with Crippen molar-refractivity contribution >= 4 is 5.91 Å². The highest BCUT2D eigenvalue weighted by molar-refractivity contribution is 5.94. The summed E-state index contributed by atoms with van der Waals surface area (Å²) >= 11 is 0. The summed E-state index contributed by atoms with van der Waals surface area (Å²) < 4.78 is 13.3. The van der Waals surface area contributed by atoms with Gasteiger partial charge in [-0.3, -0.25) is 9.69 Å². The Kier molecular flexibility index (Phi) is 5.51. The van der Waals surface area contributed by atoms with Crippen molar-refractivity contribution in [3.05, 3.63) is 35.6 Å². The maximum atomic E-state index is 13.3. The third-order valence-electron chi connectivity index (χ3n) is 5.43. The number of benzene rings is 1. The Balaban J connectivity index is 1.50. The van der Waals surface area contributed by atoms with Crippen LogP contribution in [0, 0.1) is 11.7 Å². The second-order valence-corrected chi connectivity index (χ2v) is 7.35. The zero-order chi connectivity index (χ0) is 17.1. The average Bonchev–Trinajstić information content (AvgIpc) is 2.57. The molecule has 1 aromatic carbocycles. The molecular formula is C19H28FN3O. The molecule has 0 radical (unpaired) electrons.